The minimum atomic E-state index is -1.05. The van der Waals surface area contributed by atoms with Crippen molar-refractivity contribution in [3.8, 4) is 0 Å². The molecular formula is C22H42CuIO6P2. The van der Waals surface area contributed by atoms with Gasteiger partial charge in [-0.1, -0.05) is 66.2 Å². The average molecular weight is 655 g/mol. The Bertz CT molecular complexity index is 441. The molecule has 2 saturated carbocycles. The SMILES string of the molecule is CC1(C)COP(OC2CCCCC2)OC1.CC1(C)COP(OC2CCCCC2)OC1.[Cu+].[I-]. The zero-order valence-electron chi connectivity index (χ0n) is 20.1. The summed E-state index contributed by atoms with van der Waals surface area (Å²) in [4.78, 5) is 0. The second kappa shape index (κ2) is 15.9. The first-order valence-corrected chi connectivity index (χ1v) is 14.0. The zero-order chi connectivity index (χ0) is 21.5. The van der Waals surface area contributed by atoms with Gasteiger partial charge in [-0.3, -0.25) is 0 Å². The van der Waals surface area contributed by atoms with E-state index in [0.717, 1.165) is 26.4 Å². The van der Waals surface area contributed by atoms with Crippen LogP contribution in [0.2, 0.25) is 0 Å². The van der Waals surface area contributed by atoms with E-state index < -0.39 is 17.2 Å². The van der Waals surface area contributed by atoms with E-state index in [1.54, 1.807) is 0 Å². The van der Waals surface area contributed by atoms with Crippen LogP contribution in [0.5, 0.6) is 0 Å². The van der Waals surface area contributed by atoms with Crippen molar-refractivity contribution in [2.45, 2.75) is 104 Å². The quantitative estimate of drug-likeness (QED) is 0.257. The van der Waals surface area contributed by atoms with Gasteiger partial charge < -0.3 is 51.1 Å². The molecule has 194 valence electrons. The van der Waals surface area contributed by atoms with Crippen LogP contribution < -0.4 is 24.0 Å². The average Bonchev–Trinajstić information content (AvgIpc) is 2.73. The first-order valence-electron chi connectivity index (χ1n) is 11.8. The van der Waals surface area contributed by atoms with Crippen LogP contribution in [-0.2, 0) is 44.2 Å². The molecular weight excluding hydrogens is 613 g/mol. The van der Waals surface area contributed by atoms with E-state index in [1.807, 2.05) is 0 Å². The Labute approximate surface area is 225 Å². The van der Waals surface area contributed by atoms with Crippen molar-refractivity contribution in [2.24, 2.45) is 10.8 Å². The monoisotopic (exact) mass is 654 g/mol. The van der Waals surface area contributed by atoms with Gasteiger partial charge in [0.2, 0.25) is 0 Å². The third-order valence-corrected chi connectivity index (χ3v) is 8.12. The Morgan fingerprint density at radius 1 is 0.562 bits per heavy atom. The summed E-state index contributed by atoms with van der Waals surface area (Å²) in [6.07, 6.45) is 13.3. The molecule has 4 rings (SSSR count). The van der Waals surface area contributed by atoms with Crippen molar-refractivity contribution in [1.29, 1.82) is 0 Å². The topological polar surface area (TPSA) is 55.4 Å². The van der Waals surface area contributed by atoms with Gasteiger partial charge >= 0.3 is 34.3 Å². The van der Waals surface area contributed by atoms with Gasteiger partial charge in [0, 0.05) is 10.8 Å². The van der Waals surface area contributed by atoms with Crippen LogP contribution in [0.4, 0.5) is 0 Å². The third-order valence-electron chi connectivity index (χ3n) is 5.82. The van der Waals surface area contributed by atoms with E-state index in [9.17, 15) is 0 Å². The van der Waals surface area contributed by atoms with Gasteiger partial charge in [0.05, 0.1) is 38.6 Å². The molecule has 0 amide bonds. The summed E-state index contributed by atoms with van der Waals surface area (Å²) in [6.45, 7) is 11.6. The van der Waals surface area contributed by atoms with E-state index in [0.29, 0.717) is 12.2 Å². The molecule has 6 nitrogen and oxygen atoms in total. The molecule has 0 atom stereocenters. The molecule has 2 aliphatic heterocycles. The Kier molecular flexibility index (Phi) is 15.8. The molecule has 2 heterocycles. The Balaban J connectivity index is 0.000000301. The Morgan fingerprint density at radius 3 is 1.12 bits per heavy atom. The summed E-state index contributed by atoms with van der Waals surface area (Å²) in [5.41, 5.74) is 0.295. The number of rotatable bonds is 4. The Hall–Kier alpha value is 1.87. The molecule has 2 aliphatic carbocycles. The van der Waals surface area contributed by atoms with Crippen molar-refractivity contribution in [3.63, 3.8) is 0 Å². The van der Waals surface area contributed by atoms with Crippen molar-refractivity contribution < 1.29 is 68.2 Å². The van der Waals surface area contributed by atoms with Crippen molar-refractivity contribution in [2.75, 3.05) is 26.4 Å². The van der Waals surface area contributed by atoms with Crippen LogP contribution in [0, 0.1) is 10.8 Å². The van der Waals surface area contributed by atoms with Crippen LogP contribution in [-0.4, -0.2) is 38.6 Å². The molecule has 4 aliphatic rings. The minimum Gasteiger partial charge on any atom is -1.00 e. The number of hydrogen-bond acceptors (Lipinski definition) is 6. The molecule has 0 aromatic heterocycles. The van der Waals surface area contributed by atoms with Crippen LogP contribution >= 0.6 is 17.2 Å². The van der Waals surface area contributed by atoms with Gasteiger partial charge in [-0.25, -0.2) is 0 Å². The van der Waals surface area contributed by atoms with Crippen molar-refractivity contribution in [1.82, 2.24) is 0 Å². The molecule has 10 heteroatoms. The summed E-state index contributed by atoms with van der Waals surface area (Å²) in [5.74, 6) is 0. The van der Waals surface area contributed by atoms with E-state index in [2.05, 4.69) is 27.7 Å². The molecule has 0 aromatic carbocycles. The predicted molar refractivity (Wildman–Crippen MR) is 121 cm³/mol. The fraction of sp³-hybridized carbons (Fsp3) is 1.00. The molecule has 2 saturated heterocycles. The molecule has 4 fully saturated rings. The summed E-state index contributed by atoms with van der Waals surface area (Å²) >= 11 is 0. The molecule has 0 radical (unpaired) electrons. The number of hydrogen-bond donors (Lipinski definition) is 0. The van der Waals surface area contributed by atoms with Crippen LogP contribution in [0.15, 0.2) is 0 Å². The van der Waals surface area contributed by atoms with Gasteiger partial charge in [-0.15, -0.1) is 0 Å². The standard InChI is InChI=1S/2C11H21O3P.Cu.HI/c2*1-11(2)8-12-15(13-9-11)14-10-6-4-3-5-7-10;;/h2*10H,3-9H2,1-2H3;;1H/q;;+1;/p-1. The largest absolute Gasteiger partial charge is 1.00 e. The fourth-order valence-electron chi connectivity index (χ4n) is 3.77. The molecule has 0 unspecified atom stereocenters. The second-order valence-electron chi connectivity index (χ2n) is 10.6. The first-order chi connectivity index (χ1) is 14.3. The fourth-order valence-corrected chi connectivity index (χ4v) is 6.89. The summed E-state index contributed by atoms with van der Waals surface area (Å²) in [6, 6.07) is 0. The van der Waals surface area contributed by atoms with Gasteiger partial charge in [0.15, 0.2) is 0 Å². The van der Waals surface area contributed by atoms with E-state index in [4.69, 9.17) is 27.1 Å². The van der Waals surface area contributed by atoms with Crippen LogP contribution in [0.3, 0.4) is 0 Å². The summed E-state index contributed by atoms with van der Waals surface area (Å²) < 4.78 is 34.2. The van der Waals surface area contributed by atoms with Gasteiger partial charge in [-0.05, 0) is 25.7 Å². The maximum absolute atomic E-state index is 5.85. The summed E-state index contributed by atoms with van der Waals surface area (Å²) in [7, 11) is -2.11. The van der Waals surface area contributed by atoms with Gasteiger partial charge in [0.25, 0.3) is 0 Å². The van der Waals surface area contributed by atoms with E-state index in [-0.39, 0.29) is 51.9 Å². The molecule has 0 N–H and O–H groups in total. The summed E-state index contributed by atoms with van der Waals surface area (Å²) in [5, 5.41) is 0. The third kappa shape index (κ3) is 12.2. The van der Waals surface area contributed by atoms with Gasteiger partial charge in [-0.2, -0.15) is 0 Å². The van der Waals surface area contributed by atoms with Crippen molar-refractivity contribution in [3.05, 3.63) is 0 Å². The second-order valence-corrected chi connectivity index (χ2v) is 12.9. The molecule has 0 bridgehead atoms. The molecule has 32 heavy (non-hydrogen) atoms. The maximum Gasteiger partial charge on any atom is 1.00 e. The van der Waals surface area contributed by atoms with Crippen LogP contribution in [0.25, 0.3) is 0 Å². The molecule has 0 aromatic rings. The van der Waals surface area contributed by atoms with E-state index >= 15 is 0 Å². The molecule has 0 spiro atoms. The normalized spacial score (nSPS) is 27.4. The van der Waals surface area contributed by atoms with Crippen LogP contribution in [0.1, 0.15) is 91.9 Å². The zero-order valence-corrected chi connectivity index (χ0v) is 25.0. The Morgan fingerprint density at radius 2 is 0.844 bits per heavy atom. The maximum atomic E-state index is 5.85. The number of halogens is 1. The smallest absolute Gasteiger partial charge is 1.00 e. The van der Waals surface area contributed by atoms with Gasteiger partial charge in [0.1, 0.15) is 0 Å². The van der Waals surface area contributed by atoms with E-state index in [1.165, 1.54) is 64.2 Å². The first kappa shape index (κ1) is 31.9. The minimum absolute atomic E-state index is 0. The predicted octanol–water partition coefficient (Wildman–Crippen LogP) is 4.27. The van der Waals surface area contributed by atoms with Crippen molar-refractivity contribution >= 4 is 17.2 Å².